The number of ether oxygens (including phenoxy) is 1. The molecular weight excluding hydrogens is 252 g/mol. The summed E-state index contributed by atoms with van der Waals surface area (Å²) >= 11 is 0. The first-order chi connectivity index (χ1) is 9.66. The van der Waals surface area contributed by atoms with Crippen LogP contribution in [0.3, 0.4) is 0 Å². The van der Waals surface area contributed by atoms with Crippen LogP contribution in [-0.4, -0.2) is 27.4 Å². The molecule has 0 spiro atoms. The Kier molecular flexibility index (Phi) is 5.32. The van der Waals surface area contributed by atoms with Crippen molar-refractivity contribution in [2.24, 2.45) is 0 Å². The highest BCUT2D eigenvalue weighted by molar-refractivity contribution is 5.13. The van der Waals surface area contributed by atoms with Crippen LogP contribution in [-0.2, 0) is 17.9 Å². The molecule has 0 aliphatic heterocycles. The van der Waals surface area contributed by atoms with Gasteiger partial charge in [-0.1, -0.05) is 44.2 Å². The van der Waals surface area contributed by atoms with Crippen LogP contribution in [0.25, 0.3) is 0 Å². The lowest BCUT2D eigenvalue weighted by molar-refractivity contribution is 0.0199. The van der Waals surface area contributed by atoms with Gasteiger partial charge in [-0.3, -0.25) is 0 Å². The van der Waals surface area contributed by atoms with Gasteiger partial charge in [-0.2, -0.15) is 0 Å². The molecule has 4 heteroatoms. The number of nitrogens with zero attached hydrogens (tertiary/aromatic N) is 2. The largest absolute Gasteiger partial charge is 0.389 e. The summed E-state index contributed by atoms with van der Waals surface area (Å²) in [6, 6.07) is 9.97. The number of rotatable bonds is 7. The molecule has 0 aliphatic carbocycles. The highest BCUT2D eigenvalue weighted by atomic mass is 16.5. The van der Waals surface area contributed by atoms with Crippen LogP contribution in [0.5, 0.6) is 0 Å². The lowest BCUT2D eigenvalue weighted by atomic mass is 10.2. The van der Waals surface area contributed by atoms with Crippen LogP contribution >= 0.6 is 0 Å². The number of aromatic nitrogens is 2. The van der Waals surface area contributed by atoms with Gasteiger partial charge >= 0.3 is 0 Å². The van der Waals surface area contributed by atoms with E-state index in [0.717, 1.165) is 11.4 Å². The molecule has 0 fully saturated rings. The van der Waals surface area contributed by atoms with Gasteiger partial charge in [-0.15, -0.1) is 0 Å². The Morgan fingerprint density at radius 3 is 2.70 bits per heavy atom. The minimum Gasteiger partial charge on any atom is -0.389 e. The van der Waals surface area contributed by atoms with Crippen LogP contribution < -0.4 is 0 Å². The standard InChI is InChI=1S/C16H22N2O2/c1-13(2)16-17-8-9-18(16)10-15(19)12-20-11-14-6-4-3-5-7-14/h3-9,13,15,19H,10-12H2,1-2H3. The maximum Gasteiger partial charge on any atom is 0.111 e. The molecular formula is C16H22N2O2. The Hall–Kier alpha value is -1.65. The maximum absolute atomic E-state index is 10.0. The van der Waals surface area contributed by atoms with Crippen LogP contribution in [0.1, 0.15) is 31.2 Å². The SMILES string of the molecule is CC(C)c1nccn1CC(O)COCc1ccccc1. The Morgan fingerprint density at radius 1 is 1.25 bits per heavy atom. The fourth-order valence-electron chi connectivity index (χ4n) is 2.14. The maximum atomic E-state index is 10.0. The first-order valence-corrected chi connectivity index (χ1v) is 6.97. The van der Waals surface area contributed by atoms with E-state index in [9.17, 15) is 5.11 Å². The van der Waals surface area contributed by atoms with Crippen molar-refractivity contribution in [2.45, 2.75) is 39.0 Å². The molecule has 1 unspecified atom stereocenters. The zero-order chi connectivity index (χ0) is 14.4. The monoisotopic (exact) mass is 274 g/mol. The Labute approximate surface area is 120 Å². The summed E-state index contributed by atoms with van der Waals surface area (Å²) in [5, 5.41) is 10.0. The van der Waals surface area contributed by atoms with Crippen molar-refractivity contribution < 1.29 is 9.84 Å². The summed E-state index contributed by atoms with van der Waals surface area (Å²) in [6.07, 6.45) is 3.15. The number of aliphatic hydroxyl groups is 1. The van der Waals surface area contributed by atoms with Crippen molar-refractivity contribution in [1.29, 1.82) is 0 Å². The van der Waals surface area contributed by atoms with Crippen LogP contribution in [0, 0.1) is 0 Å². The van der Waals surface area contributed by atoms with Gasteiger partial charge in [0, 0.05) is 18.3 Å². The molecule has 1 heterocycles. The van der Waals surface area contributed by atoms with E-state index in [-0.39, 0.29) is 0 Å². The Morgan fingerprint density at radius 2 is 2.00 bits per heavy atom. The van der Waals surface area contributed by atoms with Crippen molar-refractivity contribution in [3.63, 3.8) is 0 Å². The van der Waals surface area contributed by atoms with E-state index in [1.807, 2.05) is 41.1 Å². The average Bonchev–Trinajstić information content (AvgIpc) is 2.88. The molecule has 2 rings (SSSR count). The van der Waals surface area contributed by atoms with Crippen molar-refractivity contribution >= 4 is 0 Å². The average molecular weight is 274 g/mol. The molecule has 0 saturated heterocycles. The Bertz CT molecular complexity index is 508. The van der Waals surface area contributed by atoms with E-state index in [0.29, 0.717) is 25.7 Å². The van der Waals surface area contributed by atoms with Gasteiger partial charge in [0.2, 0.25) is 0 Å². The van der Waals surface area contributed by atoms with E-state index < -0.39 is 6.10 Å². The molecule has 1 N–H and O–H groups in total. The zero-order valence-electron chi connectivity index (χ0n) is 12.1. The third kappa shape index (κ3) is 4.18. The topological polar surface area (TPSA) is 47.3 Å². The van der Waals surface area contributed by atoms with E-state index >= 15 is 0 Å². The van der Waals surface area contributed by atoms with Crippen LogP contribution in [0.15, 0.2) is 42.7 Å². The fourth-order valence-corrected chi connectivity index (χ4v) is 2.14. The molecule has 2 aromatic rings. The summed E-state index contributed by atoms with van der Waals surface area (Å²) in [4.78, 5) is 4.31. The predicted octanol–water partition coefficient (Wildman–Crippen LogP) is 2.58. The predicted molar refractivity (Wildman–Crippen MR) is 78.4 cm³/mol. The Balaban J connectivity index is 1.78. The van der Waals surface area contributed by atoms with Crippen molar-refractivity contribution in [3.8, 4) is 0 Å². The van der Waals surface area contributed by atoms with Crippen molar-refractivity contribution in [2.75, 3.05) is 6.61 Å². The smallest absolute Gasteiger partial charge is 0.111 e. The molecule has 0 aliphatic rings. The molecule has 0 bridgehead atoms. The highest BCUT2D eigenvalue weighted by Crippen LogP contribution is 2.12. The molecule has 1 aromatic heterocycles. The minimum absolute atomic E-state index is 0.324. The number of benzene rings is 1. The summed E-state index contributed by atoms with van der Waals surface area (Å²) in [5.74, 6) is 1.34. The highest BCUT2D eigenvalue weighted by Gasteiger charge is 2.11. The molecule has 0 saturated carbocycles. The van der Waals surface area contributed by atoms with Gasteiger partial charge in [0.05, 0.1) is 25.9 Å². The molecule has 20 heavy (non-hydrogen) atoms. The minimum atomic E-state index is -0.523. The second kappa shape index (κ2) is 7.22. The molecule has 4 nitrogen and oxygen atoms in total. The summed E-state index contributed by atoms with van der Waals surface area (Å²) < 4.78 is 7.53. The van der Waals surface area contributed by atoms with Gasteiger partial charge in [0.15, 0.2) is 0 Å². The van der Waals surface area contributed by atoms with Gasteiger partial charge in [0.25, 0.3) is 0 Å². The number of aliphatic hydroxyl groups excluding tert-OH is 1. The lowest BCUT2D eigenvalue weighted by Gasteiger charge is -2.15. The van der Waals surface area contributed by atoms with Crippen molar-refractivity contribution in [3.05, 3.63) is 54.1 Å². The third-order valence-corrected chi connectivity index (χ3v) is 3.09. The van der Waals surface area contributed by atoms with E-state index in [4.69, 9.17) is 4.74 Å². The second-order valence-corrected chi connectivity index (χ2v) is 5.25. The number of imidazole rings is 1. The first-order valence-electron chi connectivity index (χ1n) is 6.97. The molecule has 1 aromatic carbocycles. The lowest BCUT2D eigenvalue weighted by Crippen LogP contribution is -2.23. The number of hydrogen-bond acceptors (Lipinski definition) is 3. The van der Waals surface area contributed by atoms with E-state index in [2.05, 4.69) is 18.8 Å². The quantitative estimate of drug-likeness (QED) is 0.844. The molecule has 0 amide bonds. The fraction of sp³-hybridized carbons (Fsp3) is 0.438. The molecule has 0 radical (unpaired) electrons. The number of hydrogen-bond donors (Lipinski definition) is 1. The van der Waals surface area contributed by atoms with E-state index in [1.54, 1.807) is 6.20 Å². The normalized spacial score (nSPS) is 12.8. The van der Waals surface area contributed by atoms with Gasteiger partial charge in [0.1, 0.15) is 5.82 Å². The van der Waals surface area contributed by atoms with E-state index in [1.165, 1.54) is 0 Å². The van der Waals surface area contributed by atoms with Gasteiger partial charge < -0.3 is 14.4 Å². The first kappa shape index (κ1) is 14.8. The molecule has 108 valence electrons. The third-order valence-electron chi connectivity index (χ3n) is 3.09. The van der Waals surface area contributed by atoms with Gasteiger partial charge in [-0.05, 0) is 5.56 Å². The summed E-state index contributed by atoms with van der Waals surface area (Å²) in [6.45, 7) is 5.56. The summed E-state index contributed by atoms with van der Waals surface area (Å²) in [7, 11) is 0. The summed E-state index contributed by atoms with van der Waals surface area (Å²) in [5.41, 5.74) is 1.12. The molecule has 1 atom stereocenters. The van der Waals surface area contributed by atoms with Crippen LogP contribution in [0.2, 0.25) is 0 Å². The van der Waals surface area contributed by atoms with Crippen molar-refractivity contribution in [1.82, 2.24) is 9.55 Å². The zero-order valence-corrected chi connectivity index (χ0v) is 12.1. The van der Waals surface area contributed by atoms with Crippen LogP contribution in [0.4, 0.5) is 0 Å². The second-order valence-electron chi connectivity index (χ2n) is 5.25. The van der Waals surface area contributed by atoms with Gasteiger partial charge in [-0.25, -0.2) is 4.98 Å².